The van der Waals surface area contributed by atoms with Gasteiger partial charge >= 0.3 is 0 Å². The van der Waals surface area contributed by atoms with E-state index in [1.54, 1.807) is 26.4 Å². The second-order valence-corrected chi connectivity index (χ2v) is 8.51. The Bertz CT molecular complexity index is 1150. The van der Waals surface area contributed by atoms with E-state index in [1.165, 1.54) is 6.07 Å². The van der Waals surface area contributed by atoms with E-state index in [1.807, 2.05) is 48.5 Å². The molecular weight excluding hydrogens is 447 g/mol. The van der Waals surface area contributed by atoms with Crippen LogP contribution in [-0.2, 0) is 17.8 Å². The average Bonchev–Trinajstić information content (AvgIpc) is 3.07. The van der Waals surface area contributed by atoms with Gasteiger partial charge in [0.25, 0.3) is 0 Å². The molecule has 1 heterocycles. The van der Waals surface area contributed by atoms with Gasteiger partial charge < -0.3 is 19.5 Å². The van der Waals surface area contributed by atoms with Gasteiger partial charge in [0.1, 0.15) is 17.7 Å². The molecule has 4 rings (SSSR count). The van der Waals surface area contributed by atoms with E-state index in [2.05, 4.69) is 10.2 Å². The lowest BCUT2D eigenvalue weighted by molar-refractivity contribution is -0.121. The van der Waals surface area contributed by atoms with Crippen LogP contribution in [0.15, 0.2) is 66.7 Å². The van der Waals surface area contributed by atoms with Crippen molar-refractivity contribution >= 4 is 5.91 Å². The Balaban J connectivity index is 1.34. The van der Waals surface area contributed by atoms with E-state index in [0.717, 1.165) is 16.9 Å². The van der Waals surface area contributed by atoms with Crippen LogP contribution < -0.4 is 19.5 Å². The fraction of sp³-hybridized carbons (Fsp3) is 0.321. The summed E-state index contributed by atoms with van der Waals surface area (Å²) >= 11 is 0. The maximum absolute atomic E-state index is 14.5. The predicted octanol–water partition coefficient (Wildman–Crippen LogP) is 4.53. The van der Waals surface area contributed by atoms with Crippen LogP contribution in [0.25, 0.3) is 0 Å². The molecule has 0 unspecified atom stereocenters. The fourth-order valence-corrected chi connectivity index (χ4v) is 4.28. The minimum Gasteiger partial charge on any atom is -0.493 e. The zero-order chi connectivity index (χ0) is 24.6. The standard InChI is InChI=1S/C28H31FN2O4/c1-33-25-12-11-20(17-26(25)34-2)13-15-30-28(32)14-16-31-18-21-7-3-6-10-24(21)35-27(19-31)22-8-4-5-9-23(22)29/h3-12,17,27H,13-16,18-19H2,1-2H3,(H,30,32)/t27-/m0/s1. The zero-order valence-electron chi connectivity index (χ0n) is 20.1. The van der Waals surface area contributed by atoms with Gasteiger partial charge in [0.15, 0.2) is 11.5 Å². The minimum absolute atomic E-state index is 0.0219. The number of nitrogens with one attached hydrogen (secondary N) is 1. The van der Waals surface area contributed by atoms with Crippen molar-refractivity contribution in [1.29, 1.82) is 0 Å². The first-order valence-corrected chi connectivity index (χ1v) is 11.8. The SMILES string of the molecule is COc1ccc(CCNC(=O)CCN2Cc3ccccc3O[C@H](c3ccccc3F)C2)cc1OC. The Hall–Kier alpha value is -3.58. The topological polar surface area (TPSA) is 60.0 Å². The molecule has 0 fully saturated rings. The van der Waals surface area contributed by atoms with Crippen LogP contribution in [0.4, 0.5) is 4.39 Å². The van der Waals surface area contributed by atoms with Crippen LogP contribution in [0, 0.1) is 5.82 Å². The lowest BCUT2D eigenvalue weighted by Gasteiger charge is -2.24. The number of rotatable bonds is 9. The van der Waals surface area contributed by atoms with Gasteiger partial charge in [-0.05, 0) is 36.2 Å². The highest BCUT2D eigenvalue weighted by molar-refractivity contribution is 5.76. The quantitative estimate of drug-likeness (QED) is 0.490. The second-order valence-electron chi connectivity index (χ2n) is 8.51. The fourth-order valence-electron chi connectivity index (χ4n) is 4.28. The van der Waals surface area contributed by atoms with Gasteiger partial charge in [0.2, 0.25) is 5.91 Å². The van der Waals surface area contributed by atoms with Crippen LogP contribution >= 0.6 is 0 Å². The predicted molar refractivity (Wildman–Crippen MR) is 132 cm³/mol. The summed E-state index contributed by atoms with van der Waals surface area (Å²) in [5.74, 6) is 1.79. The summed E-state index contributed by atoms with van der Waals surface area (Å²) in [5.41, 5.74) is 2.60. The number of amides is 1. The number of benzene rings is 3. The van der Waals surface area contributed by atoms with E-state index >= 15 is 0 Å². The van der Waals surface area contributed by atoms with Crippen molar-refractivity contribution in [3.05, 3.63) is 89.2 Å². The first-order chi connectivity index (χ1) is 17.1. The van der Waals surface area contributed by atoms with Crippen LogP contribution in [0.3, 0.4) is 0 Å². The highest BCUT2D eigenvalue weighted by Gasteiger charge is 2.26. The highest BCUT2D eigenvalue weighted by atomic mass is 19.1. The number of ether oxygens (including phenoxy) is 3. The van der Waals surface area contributed by atoms with Crippen LogP contribution in [0.5, 0.6) is 17.2 Å². The number of carbonyl (C=O) groups is 1. The van der Waals surface area contributed by atoms with Gasteiger partial charge in [0.05, 0.1) is 14.2 Å². The molecule has 0 radical (unpaired) electrons. The number of para-hydroxylation sites is 1. The molecule has 1 aliphatic heterocycles. The number of hydrogen-bond donors (Lipinski definition) is 1. The van der Waals surface area contributed by atoms with Crippen LogP contribution in [0.1, 0.15) is 29.2 Å². The summed E-state index contributed by atoms with van der Waals surface area (Å²) in [6.07, 6.45) is 0.581. The van der Waals surface area contributed by atoms with Gasteiger partial charge in [-0.3, -0.25) is 9.69 Å². The van der Waals surface area contributed by atoms with Gasteiger partial charge in [-0.25, -0.2) is 4.39 Å². The third-order valence-electron chi connectivity index (χ3n) is 6.15. The third-order valence-corrected chi connectivity index (χ3v) is 6.15. The Morgan fingerprint density at radius 2 is 1.83 bits per heavy atom. The second kappa shape index (κ2) is 11.7. The largest absolute Gasteiger partial charge is 0.493 e. The van der Waals surface area contributed by atoms with E-state index < -0.39 is 6.10 Å². The molecular formula is C28H31FN2O4. The summed E-state index contributed by atoms with van der Waals surface area (Å²) in [5, 5.41) is 2.99. The van der Waals surface area contributed by atoms with Crippen molar-refractivity contribution in [3.63, 3.8) is 0 Å². The molecule has 1 amide bonds. The van der Waals surface area contributed by atoms with Crippen molar-refractivity contribution in [1.82, 2.24) is 10.2 Å². The molecule has 35 heavy (non-hydrogen) atoms. The number of fused-ring (bicyclic) bond motifs is 1. The molecule has 0 spiro atoms. The lowest BCUT2D eigenvalue weighted by atomic mass is 10.1. The van der Waals surface area contributed by atoms with Crippen molar-refractivity contribution < 1.29 is 23.4 Å². The summed E-state index contributed by atoms with van der Waals surface area (Å²) in [7, 11) is 3.21. The number of nitrogens with zero attached hydrogens (tertiary/aromatic N) is 1. The van der Waals surface area contributed by atoms with Crippen LogP contribution in [-0.4, -0.2) is 44.7 Å². The van der Waals surface area contributed by atoms with Crippen molar-refractivity contribution in [2.24, 2.45) is 0 Å². The summed E-state index contributed by atoms with van der Waals surface area (Å²) in [6, 6.07) is 20.2. The van der Waals surface area contributed by atoms with Crippen molar-refractivity contribution in [3.8, 4) is 17.2 Å². The van der Waals surface area contributed by atoms with Gasteiger partial charge in [-0.2, -0.15) is 0 Å². The molecule has 3 aromatic carbocycles. The normalized spacial score (nSPS) is 15.5. The molecule has 1 aliphatic rings. The number of methoxy groups -OCH3 is 2. The molecule has 0 bridgehead atoms. The Kier molecular flexibility index (Phi) is 8.21. The Labute approximate surface area is 205 Å². The summed E-state index contributed by atoms with van der Waals surface area (Å²) < 4.78 is 31.3. The van der Waals surface area contributed by atoms with Gasteiger partial charge in [-0.15, -0.1) is 0 Å². The summed E-state index contributed by atoms with van der Waals surface area (Å²) in [6.45, 7) is 2.21. The monoisotopic (exact) mass is 478 g/mol. The molecule has 3 aromatic rings. The Morgan fingerprint density at radius 3 is 2.63 bits per heavy atom. The molecule has 1 N–H and O–H groups in total. The molecule has 0 aromatic heterocycles. The smallest absolute Gasteiger partial charge is 0.221 e. The zero-order valence-corrected chi connectivity index (χ0v) is 20.1. The van der Waals surface area contributed by atoms with Gasteiger partial charge in [0, 0.05) is 43.7 Å². The van der Waals surface area contributed by atoms with Crippen LogP contribution in [0.2, 0.25) is 0 Å². The Morgan fingerprint density at radius 1 is 1.06 bits per heavy atom. The van der Waals surface area contributed by atoms with Crippen molar-refractivity contribution in [2.45, 2.75) is 25.5 Å². The number of halogens is 1. The molecule has 0 saturated carbocycles. The first kappa shape index (κ1) is 24.5. The summed E-state index contributed by atoms with van der Waals surface area (Å²) in [4.78, 5) is 14.7. The molecule has 1 atom stereocenters. The molecule has 0 aliphatic carbocycles. The molecule has 184 valence electrons. The van der Waals surface area contributed by atoms with Crippen molar-refractivity contribution in [2.75, 3.05) is 33.9 Å². The first-order valence-electron chi connectivity index (χ1n) is 11.8. The van der Waals surface area contributed by atoms with E-state index in [0.29, 0.717) is 56.1 Å². The number of hydrogen-bond acceptors (Lipinski definition) is 5. The van der Waals surface area contributed by atoms with E-state index in [9.17, 15) is 9.18 Å². The highest BCUT2D eigenvalue weighted by Crippen LogP contribution is 2.32. The lowest BCUT2D eigenvalue weighted by Crippen LogP contribution is -2.33. The van der Waals surface area contributed by atoms with Gasteiger partial charge in [-0.1, -0.05) is 42.5 Å². The third kappa shape index (κ3) is 6.31. The number of carbonyl (C=O) groups excluding carboxylic acids is 1. The molecule has 6 nitrogen and oxygen atoms in total. The van der Waals surface area contributed by atoms with E-state index in [-0.39, 0.29) is 11.7 Å². The average molecular weight is 479 g/mol. The maximum Gasteiger partial charge on any atom is 0.221 e. The molecule has 7 heteroatoms. The maximum atomic E-state index is 14.5. The minimum atomic E-state index is -0.451. The molecule has 0 saturated heterocycles. The van der Waals surface area contributed by atoms with E-state index in [4.69, 9.17) is 14.2 Å².